The summed E-state index contributed by atoms with van der Waals surface area (Å²) in [5, 5.41) is 6.25. The molecule has 2 aliphatic heterocycles. The fourth-order valence-corrected chi connectivity index (χ4v) is 5.10. The lowest BCUT2D eigenvalue weighted by Crippen LogP contribution is -2.61. The minimum Gasteiger partial charge on any atom is -0.370 e. The summed E-state index contributed by atoms with van der Waals surface area (Å²) >= 11 is 6.22. The van der Waals surface area contributed by atoms with Gasteiger partial charge in [0.05, 0.1) is 22.3 Å². The molecule has 5 rings (SSSR count). The smallest absolute Gasteiger partial charge is 0.255 e. The Balaban J connectivity index is 1.24. The van der Waals surface area contributed by atoms with Gasteiger partial charge in [0.1, 0.15) is 0 Å². The van der Waals surface area contributed by atoms with Crippen molar-refractivity contribution in [3.05, 3.63) is 59.2 Å². The van der Waals surface area contributed by atoms with E-state index in [0.29, 0.717) is 22.0 Å². The maximum atomic E-state index is 12.8. The van der Waals surface area contributed by atoms with Crippen molar-refractivity contribution >= 4 is 34.1 Å². The van der Waals surface area contributed by atoms with Crippen LogP contribution in [0.3, 0.4) is 0 Å². The Hall–Kier alpha value is -2.53. The highest BCUT2D eigenvalue weighted by molar-refractivity contribution is 6.33. The zero-order valence-electron chi connectivity index (χ0n) is 17.5. The Bertz CT molecular complexity index is 1090. The summed E-state index contributed by atoms with van der Waals surface area (Å²) in [4.78, 5) is 17.3. The number of piperidine rings is 1. The van der Waals surface area contributed by atoms with E-state index in [4.69, 9.17) is 11.6 Å². The third-order valence-electron chi connectivity index (χ3n) is 6.70. The molecule has 0 aliphatic carbocycles. The van der Waals surface area contributed by atoms with Crippen LogP contribution in [0.4, 0.5) is 5.69 Å². The lowest BCUT2D eigenvalue weighted by molar-refractivity contribution is 0.0503. The molecule has 2 aliphatic rings. The van der Waals surface area contributed by atoms with Crippen molar-refractivity contribution in [1.82, 2.24) is 14.7 Å². The first-order valence-corrected chi connectivity index (χ1v) is 11.1. The van der Waals surface area contributed by atoms with Crippen LogP contribution in [-0.4, -0.2) is 46.8 Å². The summed E-state index contributed by atoms with van der Waals surface area (Å²) in [6.45, 7) is 8.05. The molecule has 3 heterocycles. The number of hydrogen-bond donors (Lipinski definition) is 0. The van der Waals surface area contributed by atoms with Gasteiger partial charge in [-0.1, -0.05) is 23.7 Å². The molecule has 1 spiro atoms. The van der Waals surface area contributed by atoms with Gasteiger partial charge in [-0.3, -0.25) is 9.48 Å². The highest BCUT2D eigenvalue weighted by Gasteiger charge is 2.45. The van der Waals surface area contributed by atoms with E-state index >= 15 is 0 Å². The van der Waals surface area contributed by atoms with Gasteiger partial charge in [0.2, 0.25) is 0 Å². The Morgan fingerprint density at radius 3 is 2.53 bits per heavy atom. The number of benzene rings is 2. The number of likely N-dealkylation sites (tertiary alicyclic amines) is 1. The van der Waals surface area contributed by atoms with Crippen molar-refractivity contribution in [2.75, 3.05) is 31.1 Å². The minimum absolute atomic E-state index is 0.0547. The summed E-state index contributed by atoms with van der Waals surface area (Å²) in [5.41, 5.74) is 3.40. The van der Waals surface area contributed by atoms with E-state index in [1.54, 1.807) is 6.07 Å². The zero-order valence-corrected chi connectivity index (χ0v) is 18.3. The van der Waals surface area contributed by atoms with Gasteiger partial charge in [-0.05, 0) is 57.0 Å². The molecule has 1 amide bonds. The van der Waals surface area contributed by atoms with Crippen molar-refractivity contribution in [2.24, 2.45) is 5.41 Å². The molecule has 5 nitrogen and oxygen atoms in total. The maximum absolute atomic E-state index is 12.8. The van der Waals surface area contributed by atoms with Crippen molar-refractivity contribution in [3.8, 4) is 0 Å². The molecular weight excluding hydrogens is 396 g/mol. The second-order valence-corrected chi connectivity index (χ2v) is 9.46. The number of carbonyl (C=O) groups excluding carboxylic acids is 1. The molecule has 0 N–H and O–H groups in total. The van der Waals surface area contributed by atoms with Gasteiger partial charge in [-0.25, -0.2) is 0 Å². The molecule has 0 bridgehead atoms. The van der Waals surface area contributed by atoms with Crippen molar-refractivity contribution < 1.29 is 4.79 Å². The first-order valence-electron chi connectivity index (χ1n) is 10.7. The van der Waals surface area contributed by atoms with Crippen LogP contribution in [0.2, 0.25) is 5.02 Å². The Morgan fingerprint density at radius 1 is 1.10 bits per heavy atom. The second kappa shape index (κ2) is 7.31. The molecular formula is C24H27ClN4O. The third kappa shape index (κ3) is 3.25. The zero-order chi connectivity index (χ0) is 20.9. The summed E-state index contributed by atoms with van der Waals surface area (Å²) in [6, 6.07) is 14.3. The number of halogens is 1. The first kappa shape index (κ1) is 19.4. The van der Waals surface area contributed by atoms with Gasteiger partial charge in [0.25, 0.3) is 5.91 Å². The fourth-order valence-electron chi connectivity index (χ4n) is 4.89. The SMILES string of the molecule is CC(C)n1ncc2ccc(N3CC4(CCN(C(=O)c5ccccc5Cl)CC4)C3)cc21. The quantitative estimate of drug-likeness (QED) is 0.595. The minimum atomic E-state index is 0.0547. The number of fused-ring (bicyclic) bond motifs is 1. The van der Waals surface area contributed by atoms with E-state index in [0.717, 1.165) is 39.0 Å². The van der Waals surface area contributed by atoms with E-state index in [1.807, 2.05) is 29.3 Å². The molecule has 2 aromatic carbocycles. The molecule has 30 heavy (non-hydrogen) atoms. The number of nitrogens with zero attached hydrogens (tertiary/aromatic N) is 4. The van der Waals surface area contributed by atoms with Crippen LogP contribution in [0.5, 0.6) is 0 Å². The number of aromatic nitrogens is 2. The third-order valence-corrected chi connectivity index (χ3v) is 7.03. The highest BCUT2D eigenvalue weighted by Crippen LogP contribution is 2.43. The number of carbonyl (C=O) groups is 1. The van der Waals surface area contributed by atoms with E-state index in [-0.39, 0.29) is 5.91 Å². The highest BCUT2D eigenvalue weighted by atomic mass is 35.5. The lowest BCUT2D eigenvalue weighted by Gasteiger charge is -2.55. The van der Waals surface area contributed by atoms with Crippen LogP contribution in [0.15, 0.2) is 48.7 Å². The Labute approximate surface area is 182 Å². The average Bonchev–Trinajstić information content (AvgIpc) is 3.15. The van der Waals surface area contributed by atoms with Crippen LogP contribution in [-0.2, 0) is 0 Å². The van der Waals surface area contributed by atoms with Crippen LogP contribution in [0.1, 0.15) is 43.1 Å². The summed E-state index contributed by atoms with van der Waals surface area (Å²) < 4.78 is 2.09. The Kier molecular flexibility index (Phi) is 4.73. The number of anilines is 1. The lowest BCUT2D eigenvalue weighted by atomic mass is 9.71. The number of rotatable bonds is 3. The van der Waals surface area contributed by atoms with Crippen LogP contribution < -0.4 is 4.90 Å². The van der Waals surface area contributed by atoms with E-state index in [9.17, 15) is 4.79 Å². The molecule has 1 aromatic heterocycles. The maximum Gasteiger partial charge on any atom is 0.255 e. The van der Waals surface area contributed by atoms with Gasteiger partial charge < -0.3 is 9.80 Å². The predicted molar refractivity (Wildman–Crippen MR) is 121 cm³/mol. The molecule has 2 fully saturated rings. The van der Waals surface area contributed by atoms with Gasteiger partial charge in [0, 0.05) is 48.7 Å². The van der Waals surface area contributed by atoms with E-state index in [2.05, 4.69) is 46.7 Å². The van der Waals surface area contributed by atoms with Crippen molar-refractivity contribution in [3.63, 3.8) is 0 Å². The van der Waals surface area contributed by atoms with Gasteiger partial charge in [-0.15, -0.1) is 0 Å². The summed E-state index contributed by atoms with van der Waals surface area (Å²) in [5.74, 6) is 0.0547. The van der Waals surface area contributed by atoms with Crippen LogP contribution in [0.25, 0.3) is 10.9 Å². The first-order chi connectivity index (χ1) is 14.5. The van der Waals surface area contributed by atoms with Gasteiger partial charge in [0.15, 0.2) is 0 Å². The molecule has 3 aromatic rings. The number of hydrogen-bond acceptors (Lipinski definition) is 3. The van der Waals surface area contributed by atoms with Crippen molar-refractivity contribution in [1.29, 1.82) is 0 Å². The molecule has 0 atom stereocenters. The average molecular weight is 423 g/mol. The molecule has 2 saturated heterocycles. The van der Waals surface area contributed by atoms with Gasteiger partial charge in [-0.2, -0.15) is 5.10 Å². The molecule has 0 radical (unpaired) electrons. The van der Waals surface area contributed by atoms with E-state index < -0.39 is 0 Å². The predicted octanol–water partition coefficient (Wildman–Crippen LogP) is 5.01. The Morgan fingerprint density at radius 2 is 1.83 bits per heavy atom. The standard InChI is InChI=1S/C24H27ClN4O/c1-17(2)29-22-13-19(8-7-18(22)14-26-29)28-15-24(16-28)9-11-27(12-10-24)23(30)20-5-3-4-6-21(20)25/h3-8,13-14,17H,9-12,15-16H2,1-2H3. The summed E-state index contributed by atoms with van der Waals surface area (Å²) in [6.07, 6.45) is 4.04. The second-order valence-electron chi connectivity index (χ2n) is 9.05. The van der Waals surface area contributed by atoms with Crippen LogP contribution in [0, 0.1) is 5.41 Å². The summed E-state index contributed by atoms with van der Waals surface area (Å²) in [7, 11) is 0. The molecule has 6 heteroatoms. The topological polar surface area (TPSA) is 41.4 Å². The van der Waals surface area contributed by atoms with Crippen LogP contribution >= 0.6 is 11.6 Å². The van der Waals surface area contributed by atoms with Gasteiger partial charge >= 0.3 is 0 Å². The number of amides is 1. The largest absolute Gasteiger partial charge is 0.370 e. The monoisotopic (exact) mass is 422 g/mol. The van der Waals surface area contributed by atoms with Crippen molar-refractivity contribution in [2.45, 2.75) is 32.7 Å². The molecule has 156 valence electrons. The fraction of sp³-hybridized carbons (Fsp3) is 0.417. The normalized spacial score (nSPS) is 18.3. The molecule has 0 unspecified atom stereocenters. The van der Waals surface area contributed by atoms with E-state index in [1.165, 1.54) is 16.6 Å². The molecule has 0 saturated carbocycles.